The molecule has 1 fully saturated rings. The Labute approximate surface area is 169 Å². The Morgan fingerprint density at radius 3 is 2.44 bits per heavy atom. The molecule has 0 bridgehead atoms. The number of carbonyl (C=O) groups excluding carboxylic acids is 1. The average Bonchev–Trinajstić information content (AvgIpc) is 3.10. The summed E-state index contributed by atoms with van der Waals surface area (Å²) in [5.74, 6) is 2.21. The molecule has 0 heterocycles. The van der Waals surface area contributed by atoms with Crippen molar-refractivity contribution in [1.82, 2.24) is 5.32 Å². The van der Waals surface area contributed by atoms with Crippen LogP contribution in [0, 0.1) is 17.8 Å². The van der Waals surface area contributed by atoms with E-state index in [1.165, 1.54) is 0 Å². The number of amides is 1. The second-order valence-corrected chi connectivity index (χ2v) is 7.34. The minimum Gasteiger partial charge on any atom is -0.490 e. The van der Waals surface area contributed by atoms with Crippen molar-refractivity contribution in [2.45, 2.75) is 53.0 Å². The fourth-order valence-corrected chi connectivity index (χ4v) is 3.82. The molecule has 2 rings (SSSR count). The van der Waals surface area contributed by atoms with E-state index in [-0.39, 0.29) is 36.2 Å². The maximum Gasteiger partial charge on any atom is 0.223 e. The Bertz CT molecular complexity index is 595. The summed E-state index contributed by atoms with van der Waals surface area (Å²) in [6, 6.07) is 5.89. The highest BCUT2D eigenvalue weighted by molar-refractivity contribution is 5.85. The third kappa shape index (κ3) is 6.01. The summed E-state index contributed by atoms with van der Waals surface area (Å²) in [6.45, 7) is 9.90. The van der Waals surface area contributed by atoms with Crippen LogP contribution in [0.15, 0.2) is 18.2 Å². The van der Waals surface area contributed by atoms with Crippen LogP contribution in [0.25, 0.3) is 0 Å². The summed E-state index contributed by atoms with van der Waals surface area (Å²) < 4.78 is 11.4. The van der Waals surface area contributed by atoms with E-state index in [4.69, 9.17) is 15.2 Å². The highest BCUT2D eigenvalue weighted by atomic mass is 35.5. The largest absolute Gasteiger partial charge is 0.490 e. The number of nitrogens with one attached hydrogen (secondary N) is 1. The molecule has 0 aromatic heterocycles. The monoisotopic (exact) mass is 398 g/mol. The number of hydrogen-bond donors (Lipinski definition) is 2. The zero-order valence-electron chi connectivity index (χ0n) is 17.0. The van der Waals surface area contributed by atoms with Gasteiger partial charge in [0.2, 0.25) is 5.91 Å². The van der Waals surface area contributed by atoms with Gasteiger partial charge in [-0.3, -0.25) is 4.79 Å². The van der Waals surface area contributed by atoms with Crippen molar-refractivity contribution in [1.29, 1.82) is 0 Å². The summed E-state index contributed by atoms with van der Waals surface area (Å²) in [5.41, 5.74) is 6.90. The Hall–Kier alpha value is -1.46. The number of rotatable bonds is 9. The molecule has 0 spiro atoms. The first-order valence-electron chi connectivity index (χ1n) is 9.91. The maximum atomic E-state index is 12.9. The van der Waals surface area contributed by atoms with Crippen LogP contribution in [0.3, 0.4) is 0 Å². The molecular weight excluding hydrogens is 364 g/mol. The molecule has 1 aliphatic carbocycles. The zero-order chi connectivity index (χ0) is 19.1. The predicted octanol–water partition coefficient (Wildman–Crippen LogP) is 4.09. The number of nitrogens with two attached hydrogens (primary N) is 1. The molecule has 1 saturated carbocycles. The summed E-state index contributed by atoms with van der Waals surface area (Å²) in [6.07, 6.45) is 3.08. The van der Waals surface area contributed by atoms with E-state index in [2.05, 4.69) is 19.2 Å². The zero-order valence-corrected chi connectivity index (χ0v) is 17.8. The molecule has 3 N–H and O–H groups in total. The van der Waals surface area contributed by atoms with Gasteiger partial charge in [-0.2, -0.15) is 0 Å². The Morgan fingerprint density at radius 2 is 1.85 bits per heavy atom. The summed E-state index contributed by atoms with van der Waals surface area (Å²) in [5, 5.41) is 3.27. The predicted molar refractivity (Wildman–Crippen MR) is 112 cm³/mol. The first-order valence-corrected chi connectivity index (χ1v) is 9.91. The lowest BCUT2D eigenvalue weighted by Crippen LogP contribution is -2.39. The van der Waals surface area contributed by atoms with Crippen LogP contribution in [0.4, 0.5) is 0 Å². The normalized spacial score (nSPS) is 20.1. The average molecular weight is 399 g/mol. The molecular formula is C21H35ClN2O3. The van der Waals surface area contributed by atoms with Crippen LogP contribution in [0.5, 0.6) is 11.5 Å². The van der Waals surface area contributed by atoms with Gasteiger partial charge >= 0.3 is 0 Å². The number of halogens is 1. The molecule has 0 aliphatic heterocycles. The van der Waals surface area contributed by atoms with E-state index in [1.54, 1.807) is 0 Å². The molecule has 1 aliphatic rings. The smallest absolute Gasteiger partial charge is 0.223 e. The maximum absolute atomic E-state index is 12.9. The second kappa shape index (κ2) is 11.4. The van der Waals surface area contributed by atoms with Crippen molar-refractivity contribution >= 4 is 18.3 Å². The topological polar surface area (TPSA) is 73.6 Å². The molecule has 0 radical (unpaired) electrons. The van der Waals surface area contributed by atoms with E-state index >= 15 is 0 Å². The standard InChI is InChI=1S/C21H34N2O3.ClH/c1-5-25-18-11-10-15(12-19(18)26-6-2)20(14(3)4)23-21(24)17-9-7-8-16(17)13-22;/h10-12,14,16-17,20H,5-9,13,22H2,1-4H3,(H,23,24);1H/t16-,17-,20?;/m1./s1. The molecule has 5 nitrogen and oxygen atoms in total. The molecule has 6 heteroatoms. The number of ether oxygens (including phenoxy) is 2. The number of carbonyl (C=O) groups is 1. The number of benzene rings is 1. The summed E-state index contributed by atoms with van der Waals surface area (Å²) in [4.78, 5) is 12.9. The molecule has 1 unspecified atom stereocenters. The van der Waals surface area contributed by atoms with Crippen LogP contribution in [0.2, 0.25) is 0 Å². The lowest BCUT2D eigenvalue weighted by molar-refractivity contribution is -0.127. The summed E-state index contributed by atoms with van der Waals surface area (Å²) >= 11 is 0. The van der Waals surface area contributed by atoms with Crippen LogP contribution in [-0.4, -0.2) is 25.7 Å². The van der Waals surface area contributed by atoms with Crippen LogP contribution in [0.1, 0.15) is 58.6 Å². The van der Waals surface area contributed by atoms with E-state index in [1.807, 2.05) is 32.0 Å². The van der Waals surface area contributed by atoms with Crippen LogP contribution < -0.4 is 20.5 Å². The van der Waals surface area contributed by atoms with Crippen molar-refractivity contribution in [3.05, 3.63) is 23.8 Å². The van der Waals surface area contributed by atoms with Gasteiger partial charge in [-0.05, 0) is 62.8 Å². The molecule has 1 aromatic carbocycles. The fraction of sp³-hybridized carbons (Fsp3) is 0.667. The van der Waals surface area contributed by atoms with Crippen LogP contribution >= 0.6 is 12.4 Å². The number of hydrogen-bond acceptors (Lipinski definition) is 4. The van der Waals surface area contributed by atoms with E-state index < -0.39 is 0 Å². The minimum atomic E-state index is -0.0589. The van der Waals surface area contributed by atoms with Crippen molar-refractivity contribution in [2.75, 3.05) is 19.8 Å². The van der Waals surface area contributed by atoms with Gasteiger partial charge in [0.1, 0.15) is 0 Å². The summed E-state index contributed by atoms with van der Waals surface area (Å²) in [7, 11) is 0. The quantitative estimate of drug-likeness (QED) is 0.656. The first-order chi connectivity index (χ1) is 12.5. The molecule has 3 atom stereocenters. The Balaban J connectivity index is 0.00000364. The third-order valence-electron chi connectivity index (χ3n) is 5.19. The van der Waals surface area contributed by atoms with Gasteiger partial charge in [-0.15, -0.1) is 12.4 Å². The Kier molecular flexibility index (Phi) is 9.95. The van der Waals surface area contributed by atoms with Gasteiger partial charge in [0.15, 0.2) is 11.5 Å². The van der Waals surface area contributed by atoms with E-state index in [0.29, 0.717) is 25.7 Å². The fourth-order valence-electron chi connectivity index (χ4n) is 3.82. The van der Waals surface area contributed by atoms with Crippen molar-refractivity contribution < 1.29 is 14.3 Å². The lowest BCUT2D eigenvalue weighted by atomic mass is 9.92. The van der Waals surface area contributed by atoms with Crippen molar-refractivity contribution in [2.24, 2.45) is 23.5 Å². The van der Waals surface area contributed by atoms with Crippen LogP contribution in [-0.2, 0) is 4.79 Å². The lowest BCUT2D eigenvalue weighted by Gasteiger charge is -2.27. The Morgan fingerprint density at radius 1 is 1.19 bits per heavy atom. The van der Waals surface area contributed by atoms with Crippen molar-refractivity contribution in [3.63, 3.8) is 0 Å². The molecule has 154 valence electrons. The van der Waals surface area contributed by atoms with E-state index in [9.17, 15) is 4.79 Å². The highest BCUT2D eigenvalue weighted by Gasteiger charge is 2.33. The van der Waals surface area contributed by atoms with Gasteiger partial charge in [0.25, 0.3) is 0 Å². The molecule has 27 heavy (non-hydrogen) atoms. The van der Waals surface area contributed by atoms with Gasteiger partial charge in [-0.25, -0.2) is 0 Å². The molecule has 1 amide bonds. The van der Waals surface area contributed by atoms with Gasteiger partial charge in [-0.1, -0.05) is 26.3 Å². The van der Waals surface area contributed by atoms with E-state index in [0.717, 1.165) is 36.3 Å². The second-order valence-electron chi connectivity index (χ2n) is 7.34. The minimum absolute atomic E-state index is 0. The first kappa shape index (κ1) is 23.6. The van der Waals surface area contributed by atoms with Gasteiger partial charge in [0, 0.05) is 5.92 Å². The third-order valence-corrected chi connectivity index (χ3v) is 5.19. The highest BCUT2D eigenvalue weighted by Crippen LogP contribution is 2.35. The SMILES string of the molecule is CCOc1ccc(C(NC(=O)[C@@H]2CCC[C@@H]2CN)C(C)C)cc1OCC.Cl. The van der Waals surface area contributed by atoms with Crippen molar-refractivity contribution in [3.8, 4) is 11.5 Å². The molecule has 0 saturated heterocycles. The van der Waals surface area contributed by atoms with Gasteiger partial charge in [0.05, 0.1) is 19.3 Å². The molecule has 1 aromatic rings. The van der Waals surface area contributed by atoms with Gasteiger partial charge < -0.3 is 20.5 Å².